The Morgan fingerprint density at radius 3 is 2.76 bits per heavy atom. The van der Waals surface area contributed by atoms with Crippen LogP contribution in [-0.4, -0.2) is 30.6 Å². The number of hydrogen-bond acceptors (Lipinski definition) is 3. The molecule has 0 spiro atoms. The van der Waals surface area contributed by atoms with E-state index in [9.17, 15) is 0 Å². The van der Waals surface area contributed by atoms with Gasteiger partial charge in [-0.25, -0.2) is 0 Å². The molecule has 0 aromatic heterocycles. The minimum atomic E-state index is 0.126. The van der Waals surface area contributed by atoms with Gasteiger partial charge in [0.25, 0.3) is 0 Å². The molecule has 0 amide bonds. The van der Waals surface area contributed by atoms with Crippen molar-refractivity contribution in [2.24, 2.45) is 5.73 Å². The highest BCUT2D eigenvalue weighted by atomic mass is 16.5. The Hall–Kier alpha value is -1.06. The minimum absolute atomic E-state index is 0.126. The lowest BCUT2D eigenvalue weighted by atomic mass is 9.83. The highest BCUT2D eigenvalue weighted by Gasteiger charge is 2.38. The number of unbranched alkanes of at least 4 members (excludes halogenated alkanes) is 1. The van der Waals surface area contributed by atoms with Gasteiger partial charge in [-0.15, -0.1) is 0 Å². The summed E-state index contributed by atoms with van der Waals surface area (Å²) in [6.45, 7) is 3.48. The van der Waals surface area contributed by atoms with Crippen LogP contribution in [0.1, 0.15) is 56.2 Å². The third-order valence-electron chi connectivity index (χ3n) is 5.05. The van der Waals surface area contributed by atoms with Gasteiger partial charge < -0.3 is 10.5 Å². The molecule has 0 radical (unpaired) electrons. The summed E-state index contributed by atoms with van der Waals surface area (Å²) in [7, 11) is 1.73. The third-order valence-corrected chi connectivity index (χ3v) is 5.05. The Kier molecular flexibility index (Phi) is 4.51. The molecule has 3 nitrogen and oxygen atoms in total. The Bertz CT molecular complexity index is 484. The van der Waals surface area contributed by atoms with Crippen LogP contribution in [0, 0.1) is 0 Å². The molecule has 2 N–H and O–H groups in total. The monoisotopic (exact) mass is 288 g/mol. The van der Waals surface area contributed by atoms with Crippen LogP contribution in [0.3, 0.4) is 0 Å². The number of benzene rings is 1. The second-order valence-electron chi connectivity index (χ2n) is 6.52. The fourth-order valence-electron chi connectivity index (χ4n) is 3.67. The maximum Gasteiger partial charge on any atom is 0.119 e. The van der Waals surface area contributed by atoms with Crippen LogP contribution >= 0.6 is 0 Å². The van der Waals surface area contributed by atoms with Crippen molar-refractivity contribution in [1.82, 2.24) is 4.90 Å². The van der Waals surface area contributed by atoms with Crippen LogP contribution in [0.15, 0.2) is 18.2 Å². The summed E-state index contributed by atoms with van der Waals surface area (Å²) < 4.78 is 5.38. The quantitative estimate of drug-likeness (QED) is 0.873. The number of ether oxygens (including phenoxy) is 1. The first kappa shape index (κ1) is 14.9. The van der Waals surface area contributed by atoms with Crippen LogP contribution in [0.2, 0.25) is 0 Å². The van der Waals surface area contributed by atoms with Gasteiger partial charge in [0, 0.05) is 18.1 Å². The zero-order chi connectivity index (χ0) is 14.8. The fraction of sp³-hybridized carbons (Fsp3) is 0.667. The molecule has 1 fully saturated rings. The molecule has 3 heteroatoms. The van der Waals surface area contributed by atoms with Gasteiger partial charge in [0.1, 0.15) is 5.75 Å². The van der Waals surface area contributed by atoms with Crippen LogP contribution < -0.4 is 10.5 Å². The predicted molar refractivity (Wildman–Crippen MR) is 86.7 cm³/mol. The van der Waals surface area contributed by atoms with E-state index in [-0.39, 0.29) is 6.04 Å². The molecule has 2 atom stereocenters. The minimum Gasteiger partial charge on any atom is -0.497 e. The predicted octanol–water partition coefficient (Wildman–Crippen LogP) is 3.27. The van der Waals surface area contributed by atoms with Crippen LogP contribution in [0.4, 0.5) is 0 Å². The Balaban J connectivity index is 1.80. The van der Waals surface area contributed by atoms with Gasteiger partial charge in [0.2, 0.25) is 0 Å². The molecule has 3 rings (SSSR count). The third kappa shape index (κ3) is 3.09. The van der Waals surface area contributed by atoms with E-state index in [1.54, 1.807) is 7.11 Å². The molecule has 116 valence electrons. The largest absolute Gasteiger partial charge is 0.497 e. The van der Waals surface area contributed by atoms with Crippen molar-refractivity contribution < 1.29 is 4.74 Å². The van der Waals surface area contributed by atoms with Gasteiger partial charge in [-0.3, -0.25) is 4.90 Å². The zero-order valence-corrected chi connectivity index (χ0v) is 13.3. The lowest BCUT2D eigenvalue weighted by Crippen LogP contribution is -2.47. The molecular formula is C18H28N2O. The molecule has 0 heterocycles. The maximum absolute atomic E-state index is 6.66. The molecule has 2 aliphatic carbocycles. The number of nitrogens with two attached hydrogens (primary N) is 1. The molecule has 2 unspecified atom stereocenters. The van der Waals surface area contributed by atoms with E-state index >= 15 is 0 Å². The summed E-state index contributed by atoms with van der Waals surface area (Å²) >= 11 is 0. The molecule has 21 heavy (non-hydrogen) atoms. The van der Waals surface area contributed by atoms with Crippen molar-refractivity contribution in [3.63, 3.8) is 0 Å². The van der Waals surface area contributed by atoms with Crippen molar-refractivity contribution in [2.75, 3.05) is 13.7 Å². The lowest BCUT2D eigenvalue weighted by molar-refractivity contribution is 0.143. The highest BCUT2D eigenvalue weighted by molar-refractivity contribution is 5.40. The van der Waals surface area contributed by atoms with Crippen molar-refractivity contribution in [1.29, 1.82) is 0 Å². The number of rotatable bonds is 6. The molecule has 2 aliphatic rings. The van der Waals surface area contributed by atoms with Gasteiger partial charge >= 0.3 is 0 Å². The SMILES string of the molecule is CCCCN(C1CC1)C1CCc2ccc(OC)cc2C1N. The van der Waals surface area contributed by atoms with Gasteiger partial charge in [-0.1, -0.05) is 19.4 Å². The van der Waals surface area contributed by atoms with Crippen LogP contribution in [0.5, 0.6) is 5.75 Å². The first-order chi connectivity index (χ1) is 10.2. The summed E-state index contributed by atoms with van der Waals surface area (Å²) in [5.74, 6) is 0.927. The van der Waals surface area contributed by atoms with Gasteiger partial charge in [0.15, 0.2) is 0 Å². The average molecular weight is 288 g/mol. The summed E-state index contributed by atoms with van der Waals surface area (Å²) in [5, 5.41) is 0. The fourth-order valence-corrected chi connectivity index (χ4v) is 3.67. The van der Waals surface area contributed by atoms with Gasteiger partial charge in [-0.2, -0.15) is 0 Å². The maximum atomic E-state index is 6.66. The van der Waals surface area contributed by atoms with E-state index in [2.05, 4.69) is 30.0 Å². The van der Waals surface area contributed by atoms with Crippen molar-refractivity contribution in [3.05, 3.63) is 29.3 Å². The Morgan fingerprint density at radius 1 is 1.29 bits per heavy atom. The van der Waals surface area contributed by atoms with Crippen LogP contribution in [-0.2, 0) is 6.42 Å². The molecular weight excluding hydrogens is 260 g/mol. The number of hydrogen-bond donors (Lipinski definition) is 1. The topological polar surface area (TPSA) is 38.5 Å². The standard InChI is InChI=1S/C18H28N2O/c1-3-4-11-20(14-7-8-14)17-10-6-13-5-9-15(21-2)12-16(13)18(17)19/h5,9,12,14,17-18H,3-4,6-8,10-11,19H2,1-2H3. The number of nitrogens with zero attached hydrogens (tertiary/aromatic N) is 1. The molecule has 0 bridgehead atoms. The van der Waals surface area contributed by atoms with E-state index in [1.165, 1.54) is 49.8 Å². The smallest absolute Gasteiger partial charge is 0.119 e. The van der Waals surface area contributed by atoms with Crippen LogP contribution in [0.25, 0.3) is 0 Å². The Morgan fingerprint density at radius 2 is 2.10 bits per heavy atom. The summed E-state index contributed by atoms with van der Waals surface area (Å²) in [6, 6.07) is 7.82. The number of aryl methyl sites for hydroxylation is 1. The summed E-state index contributed by atoms with van der Waals surface area (Å²) in [5.41, 5.74) is 9.36. The molecule has 0 saturated heterocycles. The number of fused-ring (bicyclic) bond motifs is 1. The number of methoxy groups -OCH3 is 1. The van der Waals surface area contributed by atoms with E-state index in [1.807, 2.05) is 0 Å². The zero-order valence-electron chi connectivity index (χ0n) is 13.3. The normalized spacial score (nSPS) is 25.0. The van der Waals surface area contributed by atoms with Crippen molar-refractivity contribution >= 4 is 0 Å². The first-order valence-electron chi connectivity index (χ1n) is 8.42. The molecule has 0 aliphatic heterocycles. The second kappa shape index (κ2) is 6.37. The van der Waals surface area contributed by atoms with E-state index < -0.39 is 0 Å². The van der Waals surface area contributed by atoms with E-state index in [0.29, 0.717) is 6.04 Å². The van der Waals surface area contributed by atoms with Gasteiger partial charge in [-0.05, 0) is 61.9 Å². The van der Waals surface area contributed by atoms with E-state index in [0.717, 1.165) is 18.2 Å². The van der Waals surface area contributed by atoms with Crippen molar-refractivity contribution in [3.8, 4) is 5.75 Å². The average Bonchev–Trinajstić information content (AvgIpc) is 3.34. The van der Waals surface area contributed by atoms with Gasteiger partial charge in [0.05, 0.1) is 7.11 Å². The Labute approximate surface area is 128 Å². The first-order valence-corrected chi connectivity index (χ1v) is 8.42. The van der Waals surface area contributed by atoms with Crippen molar-refractivity contribution in [2.45, 2.75) is 63.6 Å². The molecule has 1 saturated carbocycles. The second-order valence-corrected chi connectivity index (χ2v) is 6.52. The lowest BCUT2D eigenvalue weighted by Gasteiger charge is -2.40. The summed E-state index contributed by atoms with van der Waals surface area (Å²) in [6.07, 6.45) is 7.60. The molecule has 1 aromatic rings. The summed E-state index contributed by atoms with van der Waals surface area (Å²) in [4.78, 5) is 2.70. The molecule has 1 aromatic carbocycles. The van der Waals surface area contributed by atoms with E-state index in [4.69, 9.17) is 10.5 Å². The highest BCUT2D eigenvalue weighted by Crippen LogP contribution is 2.38.